The minimum absolute atomic E-state index is 0.864. The fourth-order valence-corrected chi connectivity index (χ4v) is 2.69. The molecule has 1 aromatic carbocycles. The average Bonchev–Trinajstić information content (AvgIpc) is 2.45. The molecular formula is C19H26OS. The first kappa shape index (κ1) is 17.9. The van der Waals surface area contributed by atoms with Crippen molar-refractivity contribution in [3.8, 4) is 11.8 Å². The molecule has 0 atom stereocenters. The Labute approximate surface area is 133 Å². The smallest absolute Gasteiger partial charge is 0.0908 e. The van der Waals surface area contributed by atoms with E-state index in [0.29, 0.717) is 0 Å². The molecule has 0 fully saturated rings. The maximum Gasteiger partial charge on any atom is 0.0908 e. The summed E-state index contributed by atoms with van der Waals surface area (Å²) in [6.07, 6.45) is 7.76. The highest BCUT2D eigenvalue weighted by atomic mass is 32.2. The van der Waals surface area contributed by atoms with Gasteiger partial charge in [0.05, 0.1) is 5.60 Å². The highest BCUT2D eigenvalue weighted by Gasteiger charge is 2.19. The van der Waals surface area contributed by atoms with Crippen LogP contribution >= 0.6 is 11.8 Å². The van der Waals surface area contributed by atoms with E-state index in [9.17, 15) is 5.11 Å². The molecule has 0 aromatic heterocycles. The van der Waals surface area contributed by atoms with Gasteiger partial charge in [-0.1, -0.05) is 68.0 Å². The Morgan fingerprint density at radius 2 is 1.90 bits per heavy atom. The highest BCUT2D eigenvalue weighted by molar-refractivity contribution is 8.03. The molecule has 0 aliphatic heterocycles. The normalized spacial score (nSPS) is 11.9. The van der Waals surface area contributed by atoms with Gasteiger partial charge in [0.15, 0.2) is 0 Å². The van der Waals surface area contributed by atoms with Gasteiger partial charge in [-0.05, 0) is 32.4 Å². The number of hydrogen-bond donors (Lipinski definition) is 1. The van der Waals surface area contributed by atoms with Crippen LogP contribution < -0.4 is 0 Å². The molecule has 0 aliphatic rings. The third-order valence-electron chi connectivity index (χ3n) is 3.03. The van der Waals surface area contributed by atoms with E-state index in [1.54, 1.807) is 25.6 Å². The maximum atomic E-state index is 10.3. The zero-order valence-corrected chi connectivity index (χ0v) is 14.2. The SMILES string of the molecule is CCCCCCC#C/C=C(\Sc1ccccc1)C(C)(C)O. The monoisotopic (exact) mass is 302 g/mol. The summed E-state index contributed by atoms with van der Waals surface area (Å²) in [6, 6.07) is 10.1. The van der Waals surface area contributed by atoms with Gasteiger partial charge in [-0.2, -0.15) is 0 Å². The van der Waals surface area contributed by atoms with E-state index in [1.165, 1.54) is 25.7 Å². The van der Waals surface area contributed by atoms with Crippen LogP contribution in [0.4, 0.5) is 0 Å². The summed E-state index contributed by atoms with van der Waals surface area (Å²) in [5, 5.41) is 10.3. The molecule has 0 saturated carbocycles. The van der Waals surface area contributed by atoms with E-state index in [1.807, 2.05) is 36.4 Å². The minimum Gasteiger partial charge on any atom is -0.385 e. The Kier molecular flexibility index (Phi) is 8.27. The summed E-state index contributed by atoms with van der Waals surface area (Å²) in [7, 11) is 0. The van der Waals surface area contributed by atoms with Crippen LogP contribution in [0.2, 0.25) is 0 Å². The number of aliphatic hydroxyl groups is 1. The van der Waals surface area contributed by atoms with Crippen LogP contribution in [-0.2, 0) is 0 Å². The molecule has 0 amide bonds. The molecule has 2 heteroatoms. The Bertz CT molecular complexity index is 486. The van der Waals surface area contributed by atoms with Crippen molar-refractivity contribution in [2.45, 2.75) is 63.4 Å². The number of rotatable bonds is 7. The third kappa shape index (κ3) is 7.99. The topological polar surface area (TPSA) is 20.2 Å². The van der Waals surface area contributed by atoms with Gasteiger partial charge < -0.3 is 5.11 Å². The predicted octanol–water partition coefficient (Wildman–Crippen LogP) is 5.41. The van der Waals surface area contributed by atoms with E-state index < -0.39 is 5.60 Å². The molecular weight excluding hydrogens is 276 g/mol. The lowest BCUT2D eigenvalue weighted by Gasteiger charge is -2.20. The standard InChI is InChI=1S/C19H26OS/c1-4-5-6-7-8-9-13-16-18(19(2,3)20)21-17-14-11-10-12-15-17/h10-12,14-16,20H,4-8H2,1-3H3/b18-16-. The molecule has 1 rings (SSSR count). The van der Waals surface area contributed by atoms with Crippen molar-refractivity contribution in [3.05, 3.63) is 41.3 Å². The summed E-state index contributed by atoms with van der Waals surface area (Å²) in [4.78, 5) is 2.00. The molecule has 0 radical (unpaired) electrons. The zero-order valence-electron chi connectivity index (χ0n) is 13.4. The number of allylic oxidation sites excluding steroid dienone is 1. The van der Waals surface area contributed by atoms with Crippen LogP contribution in [0.15, 0.2) is 46.2 Å². The second-order valence-corrected chi connectivity index (χ2v) is 6.73. The average molecular weight is 302 g/mol. The van der Waals surface area contributed by atoms with Crippen LogP contribution in [-0.4, -0.2) is 10.7 Å². The fourth-order valence-electron chi connectivity index (χ4n) is 1.78. The van der Waals surface area contributed by atoms with Crippen LogP contribution in [0.1, 0.15) is 52.9 Å². The number of unbranched alkanes of at least 4 members (excludes halogenated alkanes) is 4. The summed E-state index contributed by atoms with van der Waals surface area (Å²) in [6.45, 7) is 5.82. The van der Waals surface area contributed by atoms with Crippen molar-refractivity contribution >= 4 is 11.8 Å². The Morgan fingerprint density at radius 3 is 2.52 bits per heavy atom. The van der Waals surface area contributed by atoms with Crippen molar-refractivity contribution in [1.82, 2.24) is 0 Å². The quantitative estimate of drug-likeness (QED) is 0.413. The maximum absolute atomic E-state index is 10.3. The highest BCUT2D eigenvalue weighted by Crippen LogP contribution is 2.33. The second-order valence-electron chi connectivity index (χ2n) is 5.61. The Balaban J connectivity index is 2.62. The lowest BCUT2D eigenvalue weighted by atomic mass is 10.1. The molecule has 21 heavy (non-hydrogen) atoms. The molecule has 1 aromatic rings. The van der Waals surface area contributed by atoms with Gasteiger partial charge in [0.2, 0.25) is 0 Å². The van der Waals surface area contributed by atoms with Gasteiger partial charge in [-0.25, -0.2) is 0 Å². The summed E-state index contributed by atoms with van der Waals surface area (Å²) < 4.78 is 0. The molecule has 0 bridgehead atoms. The molecule has 0 unspecified atom stereocenters. The zero-order chi connectivity index (χ0) is 15.6. The van der Waals surface area contributed by atoms with E-state index in [0.717, 1.165) is 16.2 Å². The number of thioether (sulfide) groups is 1. The molecule has 114 valence electrons. The Morgan fingerprint density at radius 1 is 1.19 bits per heavy atom. The van der Waals surface area contributed by atoms with Gasteiger partial charge in [-0.3, -0.25) is 0 Å². The van der Waals surface area contributed by atoms with Crippen molar-refractivity contribution in [1.29, 1.82) is 0 Å². The van der Waals surface area contributed by atoms with Gasteiger partial charge in [0.1, 0.15) is 0 Å². The van der Waals surface area contributed by atoms with E-state index in [2.05, 4.69) is 18.8 Å². The van der Waals surface area contributed by atoms with Crippen molar-refractivity contribution < 1.29 is 5.11 Å². The predicted molar refractivity (Wildman–Crippen MR) is 93.2 cm³/mol. The lowest BCUT2D eigenvalue weighted by molar-refractivity contribution is 0.129. The van der Waals surface area contributed by atoms with Crippen LogP contribution in [0.5, 0.6) is 0 Å². The van der Waals surface area contributed by atoms with Crippen LogP contribution in [0, 0.1) is 11.8 Å². The molecule has 0 spiro atoms. The Hall–Kier alpha value is -1.17. The largest absolute Gasteiger partial charge is 0.385 e. The lowest BCUT2D eigenvalue weighted by Crippen LogP contribution is -2.19. The van der Waals surface area contributed by atoms with Gasteiger partial charge >= 0.3 is 0 Å². The minimum atomic E-state index is -0.864. The molecule has 1 nitrogen and oxygen atoms in total. The molecule has 1 N–H and O–H groups in total. The van der Waals surface area contributed by atoms with E-state index in [4.69, 9.17) is 0 Å². The van der Waals surface area contributed by atoms with Crippen LogP contribution in [0.3, 0.4) is 0 Å². The van der Waals surface area contributed by atoms with Crippen molar-refractivity contribution in [2.24, 2.45) is 0 Å². The molecule has 0 saturated heterocycles. The fraction of sp³-hybridized carbons (Fsp3) is 0.474. The van der Waals surface area contributed by atoms with Gasteiger partial charge in [0, 0.05) is 22.3 Å². The summed E-state index contributed by atoms with van der Waals surface area (Å²) in [5.41, 5.74) is -0.864. The molecule has 0 heterocycles. The van der Waals surface area contributed by atoms with Crippen LogP contribution in [0.25, 0.3) is 0 Å². The third-order valence-corrected chi connectivity index (χ3v) is 4.38. The first-order valence-electron chi connectivity index (χ1n) is 7.68. The molecule has 0 aliphatic carbocycles. The first-order chi connectivity index (χ1) is 10.0. The van der Waals surface area contributed by atoms with Crippen molar-refractivity contribution in [3.63, 3.8) is 0 Å². The van der Waals surface area contributed by atoms with E-state index in [-0.39, 0.29) is 0 Å². The van der Waals surface area contributed by atoms with Gasteiger partial charge in [0.25, 0.3) is 0 Å². The van der Waals surface area contributed by atoms with E-state index >= 15 is 0 Å². The summed E-state index contributed by atoms with van der Waals surface area (Å²) >= 11 is 1.58. The number of hydrogen-bond acceptors (Lipinski definition) is 2. The van der Waals surface area contributed by atoms with Gasteiger partial charge in [-0.15, -0.1) is 0 Å². The number of benzene rings is 1. The second kappa shape index (κ2) is 9.71. The first-order valence-corrected chi connectivity index (χ1v) is 8.50. The van der Waals surface area contributed by atoms with Crippen molar-refractivity contribution in [2.75, 3.05) is 0 Å². The summed E-state index contributed by atoms with van der Waals surface area (Å²) in [5.74, 6) is 6.28.